The standard InChI is InChI=1S/C4H3N2.C2H5.Sn/c1-2-5-4-6-3-1;1-2;/h1-3H;1H2,2H3;. The molecule has 0 amide bonds. The first kappa shape index (κ1) is 6.99. The van der Waals surface area contributed by atoms with E-state index in [1.807, 2.05) is 18.5 Å². The number of rotatable bonds is 2. The number of aromatic nitrogens is 2. The Morgan fingerprint density at radius 3 is 2.67 bits per heavy atom. The maximum atomic E-state index is 4.13. The molecule has 1 aromatic heterocycles. The van der Waals surface area contributed by atoms with Gasteiger partial charge in [0.1, 0.15) is 0 Å². The normalized spacial score (nSPS) is 9.44. The predicted molar refractivity (Wildman–Crippen MR) is 37.9 cm³/mol. The second-order valence-corrected chi connectivity index (χ2v) is 5.91. The van der Waals surface area contributed by atoms with Crippen LogP contribution >= 0.6 is 0 Å². The molecule has 0 spiro atoms. The van der Waals surface area contributed by atoms with E-state index in [0.717, 1.165) is 3.84 Å². The topological polar surface area (TPSA) is 25.8 Å². The molecule has 0 saturated heterocycles. The van der Waals surface area contributed by atoms with Gasteiger partial charge in [0, 0.05) is 0 Å². The molecule has 1 rings (SSSR count). The summed E-state index contributed by atoms with van der Waals surface area (Å²) in [6.45, 7) is 2.20. The van der Waals surface area contributed by atoms with Crippen LogP contribution in [0, 0.1) is 0 Å². The van der Waals surface area contributed by atoms with Gasteiger partial charge in [-0.25, -0.2) is 0 Å². The molecule has 0 aliphatic carbocycles. The summed E-state index contributed by atoms with van der Waals surface area (Å²) in [5.41, 5.74) is 0. The Balaban J connectivity index is 2.61. The van der Waals surface area contributed by atoms with Crippen LogP contribution in [0.2, 0.25) is 4.44 Å². The van der Waals surface area contributed by atoms with Crippen LogP contribution in [0.5, 0.6) is 0 Å². The third-order valence-corrected chi connectivity index (χ3v) is 3.55. The summed E-state index contributed by atoms with van der Waals surface area (Å²) in [4.78, 5) is 8.27. The minimum absolute atomic E-state index is 0.372. The molecule has 3 heteroatoms. The summed E-state index contributed by atoms with van der Waals surface area (Å²) in [7, 11) is 0. The van der Waals surface area contributed by atoms with Gasteiger partial charge in [-0.3, -0.25) is 0 Å². The molecule has 9 heavy (non-hydrogen) atoms. The zero-order valence-corrected chi connectivity index (χ0v) is 8.19. The van der Waals surface area contributed by atoms with E-state index in [1.54, 1.807) is 0 Å². The van der Waals surface area contributed by atoms with E-state index < -0.39 is 0 Å². The van der Waals surface area contributed by atoms with Gasteiger partial charge in [0.2, 0.25) is 0 Å². The van der Waals surface area contributed by atoms with E-state index in [-0.39, 0.29) is 21.1 Å². The molecule has 0 aliphatic heterocycles. The Bertz CT molecular complexity index is 164. The van der Waals surface area contributed by atoms with Gasteiger partial charge in [0.05, 0.1) is 0 Å². The number of hydrogen-bond acceptors (Lipinski definition) is 2. The third-order valence-electron chi connectivity index (χ3n) is 0.901. The van der Waals surface area contributed by atoms with Crippen molar-refractivity contribution in [3.63, 3.8) is 0 Å². The van der Waals surface area contributed by atoms with Crippen molar-refractivity contribution in [2.45, 2.75) is 11.4 Å². The fraction of sp³-hybridized carbons (Fsp3) is 0.333. The third kappa shape index (κ3) is 2.30. The van der Waals surface area contributed by atoms with Crippen LogP contribution in [0.1, 0.15) is 6.92 Å². The van der Waals surface area contributed by atoms with Crippen LogP contribution in [0.3, 0.4) is 0 Å². The molecule has 2 nitrogen and oxygen atoms in total. The molecule has 0 aromatic carbocycles. The molecule has 0 atom stereocenters. The first-order valence-corrected chi connectivity index (χ1v) is 6.39. The summed E-state index contributed by atoms with van der Waals surface area (Å²) < 4.78 is 2.40. The molecule has 0 saturated carbocycles. The van der Waals surface area contributed by atoms with Gasteiger partial charge in [0.15, 0.2) is 0 Å². The van der Waals surface area contributed by atoms with Crippen LogP contribution in [-0.4, -0.2) is 31.1 Å². The van der Waals surface area contributed by atoms with Gasteiger partial charge >= 0.3 is 64.8 Å². The fourth-order valence-electron chi connectivity index (χ4n) is 0.548. The van der Waals surface area contributed by atoms with Crippen LogP contribution in [0.25, 0.3) is 0 Å². The monoisotopic (exact) mass is 228 g/mol. The number of nitrogens with zero attached hydrogens (tertiary/aromatic N) is 2. The molecular formula is C6H8N2Sn. The Morgan fingerprint density at radius 2 is 2.11 bits per heavy atom. The molecular weight excluding hydrogens is 219 g/mol. The Hall–Kier alpha value is -0.121. The zero-order valence-electron chi connectivity index (χ0n) is 5.33. The molecule has 0 N–H and O–H groups in total. The van der Waals surface area contributed by atoms with Crippen molar-refractivity contribution in [1.82, 2.24) is 9.97 Å². The molecule has 0 fully saturated rings. The van der Waals surface area contributed by atoms with Gasteiger partial charge in [-0.2, -0.15) is 0 Å². The maximum absolute atomic E-state index is 4.13. The van der Waals surface area contributed by atoms with Crippen molar-refractivity contribution >= 4 is 25.0 Å². The molecule has 46 valence electrons. The van der Waals surface area contributed by atoms with Gasteiger partial charge in [-0.15, -0.1) is 0 Å². The van der Waals surface area contributed by atoms with Crippen LogP contribution in [0.4, 0.5) is 0 Å². The average Bonchev–Trinajstić information content (AvgIpc) is 1.91. The van der Waals surface area contributed by atoms with Crippen molar-refractivity contribution in [1.29, 1.82) is 0 Å². The first-order valence-electron chi connectivity index (χ1n) is 2.94. The second kappa shape index (κ2) is 3.82. The van der Waals surface area contributed by atoms with E-state index in [4.69, 9.17) is 0 Å². The van der Waals surface area contributed by atoms with Crippen molar-refractivity contribution < 1.29 is 0 Å². The van der Waals surface area contributed by atoms with Crippen LogP contribution in [0.15, 0.2) is 18.5 Å². The van der Waals surface area contributed by atoms with E-state index in [0.29, 0.717) is 0 Å². The summed E-state index contributed by atoms with van der Waals surface area (Å²) in [5.74, 6) is 0. The first-order chi connectivity index (χ1) is 4.43. The zero-order chi connectivity index (χ0) is 6.53. The Labute approximate surface area is 64.9 Å². The van der Waals surface area contributed by atoms with Gasteiger partial charge in [-0.05, 0) is 0 Å². The summed E-state index contributed by atoms with van der Waals surface area (Å²) in [6, 6.07) is 1.86. The SMILES string of the molecule is C[CH2][Sn][c]1ncccn1. The van der Waals surface area contributed by atoms with Crippen molar-refractivity contribution in [2.75, 3.05) is 0 Å². The van der Waals surface area contributed by atoms with Crippen LogP contribution in [-0.2, 0) is 0 Å². The summed E-state index contributed by atoms with van der Waals surface area (Å²) in [6.07, 6.45) is 3.64. The molecule has 0 bridgehead atoms. The summed E-state index contributed by atoms with van der Waals surface area (Å²) in [5, 5.41) is 0. The molecule has 0 aliphatic rings. The minimum atomic E-state index is -0.372. The van der Waals surface area contributed by atoms with Gasteiger partial charge in [-0.1, -0.05) is 0 Å². The predicted octanol–water partition coefficient (Wildman–Crippen LogP) is 0.244. The fourth-order valence-corrected chi connectivity index (χ4v) is 2.40. The number of hydrogen-bond donors (Lipinski definition) is 0. The Kier molecular flexibility index (Phi) is 2.97. The molecule has 1 aromatic rings. The van der Waals surface area contributed by atoms with Gasteiger partial charge in [0.25, 0.3) is 0 Å². The van der Waals surface area contributed by atoms with E-state index >= 15 is 0 Å². The van der Waals surface area contributed by atoms with Crippen molar-refractivity contribution in [3.8, 4) is 0 Å². The van der Waals surface area contributed by atoms with E-state index in [1.165, 1.54) is 4.44 Å². The van der Waals surface area contributed by atoms with Crippen LogP contribution < -0.4 is 3.84 Å². The average molecular weight is 227 g/mol. The van der Waals surface area contributed by atoms with Crippen molar-refractivity contribution in [2.24, 2.45) is 0 Å². The molecule has 1 heterocycles. The quantitative estimate of drug-likeness (QED) is 0.676. The van der Waals surface area contributed by atoms with Crippen molar-refractivity contribution in [3.05, 3.63) is 18.5 Å². The second-order valence-electron chi connectivity index (χ2n) is 1.60. The molecule has 0 unspecified atom stereocenters. The summed E-state index contributed by atoms with van der Waals surface area (Å²) >= 11 is -0.372. The Morgan fingerprint density at radius 1 is 1.44 bits per heavy atom. The van der Waals surface area contributed by atoms with E-state index in [2.05, 4.69) is 16.9 Å². The molecule has 2 radical (unpaired) electrons. The van der Waals surface area contributed by atoms with E-state index in [9.17, 15) is 0 Å². The van der Waals surface area contributed by atoms with Gasteiger partial charge < -0.3 is 0 Å².